The van der Waals surface area contributed by atoms with Crippen molar-refractivity contribution in [2.45, 2.75) is 45.2 Å². The number of nitrogens with one attached hydrogen (secondary N) is 1. The summed E-state index contributed by atoms with van der Waals surface area (Å²) in [5, 5.41) is 12.8. The fourth-order valence-electron chi connectivity index (χ4n) is 3.16. The molecule has 1 atom stereocenters. The number of hydrogen-bond donors (Lipinski definition) is 2. The van der Waals surface area contributed by atoms with Crippen molar-refractivity contribution in [3.63, 3.8) is 0 Å². The molecule has 1 heterocycles. The molecule has 0 aromatic heterocycles. The second-order valence-corrected chi connectivity index (χ2v) is 5.96. The quantitative estimate of drug-likeness (QED) is 0.873. The summed E-state index contributed by atoms with van der Waals surface area (Å²) in [6.07, 6.45) is 1.86. The third-order valence-electron chi connectivity index (χ3n) is 4.05. The average Bonchev–Trinajstić information content (AvgIpc) is 2.38. The zero-order chi connectivity index (χ0) is 13.9. The third kappa shape index (κ3) is 2.93. The van der Waals surface area contributed by atoms with Gasteiger partial charge in [0.05, 0.1) is 0 Å². The van der Waals surface area contributed by atoms with Crippen molar-refractivity contribution in [1.82, 2.24) is 5.32 Å². The van der Waals surface area contributed by atoms with Gasteiger partial charge in [0.25, 0.3) is 0 Å². The molecule has 1 aliphatic heterocycles. The Kier molecular flexibility index (Phi) is 4.48. The molecule has 1 fully saturated rings. The van der Waals surface area contributed by atoms with Crippen molar-refractivity contribution in [3.8, 4) is 0 Å². The molecule has 0 bridgehead atoms. The molecule has 1 aromatic carbocycles. The maximum atomic E-state index is 9.33. The Morgan fingerprint density at radius 2 is 2.11 bits per heavy atom. The van der Waals surface area contributed by atoms with Crippen molar-refractivity contribution in [2.24, 2.45) is 0 Å². The lowest BCUT2D eigenvalue weighted by molar-refractivity contribution is 0.241. The van der Waals surface area contributed by atoms with E-state index in [-0.39, 0.29) is 12.1 Å². The van der Waals surface area contributed by atoms with Crippen molar-refractivity contribution in [2.75, 3.05) is 24.6 Å². The molecule has 1 saturated heterocycles. The number of anilines is 1. The Balaban J connectivity index is 2.40. The zero-order valence-corrected chi connectivity index (χ0v) is 12.3. The van der Waals surface area contributed by atoms with Gasteiger partial charge < -0.3 is 15.3 Å². The monoisotopic (exact) mass is 262 g/mol. The first-order valence-corrected chi connectivity index (χ1v) is 7.29. The highest BCUT2D eigenvalue weighted by molar-refractivity contribution is 5.57. The van der Waals surface area contributed by atoms with Crippen LogP contribution in [0.3, 0.4) is 0 Å². The summed E-state index contributed by atoms with van der Waals surface area (Å²) in [6, 6.07) is 9.02. The summed E-state index contributed by atoms with van der Waals surface area (Å²) in [6.45, 7) is 8.92. The van der Waals surface area contributed by atoms with Gasteiger partial charge in [-0.25, -0.2) is 0 Å². The molecule has 1 unspecified atom stereocenters. The summed E-state index contributed by atoms with van der Waals surface area (Å²) >= 11 is 0. The second-order valence-electron chi connectivity index (χ2n) is 5.96. The lowest BCUT2D eigenvalue weighted by Crippen LogP contribution is -2.63. The molecule has 0 saturated carbocycles. The summed E-state index contributed by atoms with van der Waals surface area (Å²) in [5.41, 5.74) is 2.79. The van der Waals surface area contributed by atoms with E-state index in [4.69, 9.17) is 0 Å². The third-order valence-corrected chi connectivity index (χ3v) is 4.05. The maximum Gasteiger partial charge on any atom is 0.0474 e. The minimum Gasteiger partial charge on any atom is -0.396 e. The van der Waals surface area contributed by atoms with Crippen LogP contribution in [0.4, 0.5) is 5.69 Å². The molecule has 0 amide bonds. The first-order valence-electron chi connectivity index (χ1n) is 7.29. The normalized spacial score (nSPS) is 22.5. The molecule has 1 aliphatic rings. The van der Waals surface area contributed by atoms with E-state index in [1.165, 1.54) is 11.3 Å². The molecule has 3 nitrogen and oxygen atoms in total. The summed E-state index contributed by atoms with van der Waals surface area (Å²) in [4.78, 5) is 2.51. The van der Waals surface area contributed by atoms with Crippen LogP contribution in [0.25, 0.3) is 0 Å². The highest BCUT2D eigenvalue weighted by Crippen LogP contribution is 2.32. The molecule has 3 heteroatoms. The largest absolute Gasteiger partial charge is 0.396 e. The number of para-hydroxylation sites is 1. The maximum absolute atomic E-state index is 9.33. The predicted octanol–water partition coefficient (Wildman–Crippen LogP) is 2.19. The van der Waals surface area contributed by atoms with Gasteiger partial charge in [-0.05, 0) is 38.3 Å². The number of benzene rings is 1. The fraction of sp³-hybridized carbons (Fsp3) is 0.625. The minimum atomic E-state index is 0.0728. The van der Waals surface area contributed by atoms with Crippen LogP contribution in [0.1, 0.15) is 32.8 Å². The molecule has 0 aliphatic carbocycles. The van der Waals surface area contributed by atoms with Gasteiger partial charge in [0, 0.05) is 37.0 Å². The van der Waals surface area contributed by atoms with Gasteiger partial charge in [0.2, 0.25) is 0 Å². The summed E-state index contributed by atoms with van der Waals surface area (Å²) in [7, 11) is 0. The zero-order valence-electron chi connectivity index (χ0n) is 12.3. The lowest BCUT2D eigenvalue weighted by Gasteiger charge is -2.50. The van der Waals surface area contributed by atoms with E-state index in [0.29, 0.717) is 6.04 Å². The number of hydrogen-bond acceptors (Lipinski definition) is 3. The van der Waals surface area contributed by atoms with Crippen LogP contribution >= 0.6 is 0 Å². The van der Waals surface area contributed by atoms with E-state index < -0.39 is 0 Å². The van der Waals surface area contributed by atoms with E-state index >= 15 is 0 Å². The van der Waals surface area contributed by atoms with Gasteiger partial charge >= 0.3 is 0 Å². The summed E-state index contributed by atoms with van der Waals surface area (Å²) in [5.74, 6) is 0. The Hall–Kier alpha value is -1.06. The van der Waals surface area contributed by atoms with Crippen LogP contribution in [0.2, 0.25) is 0 Å². The van der Waals surface area contributed by atoms with Crippen LogP contribution < -0.4 is 10.2 Å². The lowest BCUT2D eigenvalue weighted by atomic mass is 9.92. The minimum absolute atomic E-state index is 0.0728. The van der Waals surface area contributed by atoms with E-state index in [0.717, 1.165) is 25.9 Å². The predicted molar refractivity (Wildman–Crippen MR) is 80.7 cm³/mol. The smallest absolute Gasteiger partial charge is 0.0474 e. The van der Waals surface area contributed by atoms with Gasteiger partial charge in [-0.1, -0.05) is 25.1 Å². The van der Waals surface area contributed by atoms with Crippen molar-refractivity contribution in [3.05, 3.63) is 29.8 Å². The number of piperazine rings is 1. The first kappa shape index (κ1) is 14.4. The first-order chi connectivity index (χ1) is 9.10. The average molecular weight is 262 g/mol. The summed E-state index contributed by atoms with van der Waals surface area (Å²) < 4.78 is 0. The Labute approximate surface area is 116 Å². The van der Waals surface area contributed by atoms with Gasteiger partial charge in [-0.15, -0.1) is 0 Å². The molecule has 2 N–H and O–H groups in total. The van der Waals surface area contributed by atoms with Crippen LogP contribution in [0.15, 0.2) is 24.3 Å². The molecule has 0 radical (unpaired) electrons. The molecule has 0 spiro atoms. The van der Waals surface area contributed by atoms with Gasteiger partial charge in [-0.3, -0.25) is 0 Å². The van der Waals surface area contributed by atoms with Crippen molar-refractivity contribution < 1.29 is 5.11 Å². The number of aliphatic hydroxyl groups excluding tert-OH is 1. The van der Waals surface area contributed by atoms with E-state index in [1.54, 1.807) is 0 Å². The van der Waals surface area contributed by atoms with Crippen molar-refractivity contribution >= 4 is 5.69 Å². The Morgan fingerprint density at radius 1 is 1.37 bits per heavy atom. The second kappa shape index (κ2) is 5.93. The Morgan fingerprint density at radius 3 is 2.79 bits per heavy atom. The number of nitrogens with zero attached hydrogens (tertiary/aromatic N) is 1. The molecule has 19 heavy (non-hydrogen) atoms. The Bertz CT molecular complexity index is 415. The molecule has 2 rings (SSSR count). The van der Waals surface area contributed by atoms with Gasteiger partial charge in [0.1, 0.15) is 0 Å². The number of aliphatic hydroxyl groups is 1. The topological polar surface area (TPSA) is 35.5 Å². The molecular weight excluding hydrogens is 236 g/mol. The number of aryl methyl sites for hydroxylation is 1. The van der Waals surface area contributed by atoms with E-state index in [2.05, 4.69) is 55.3 Å². The highest BCUT2D eigenvalue weighted by atomic mass is 16.3. The van der Waals surface area contributed by atoms with E-state index in [1.807, 2.05) is 0 Å². The highest BCUT2D eigenvalue weighted by Gasteiger charge is 2.36. The van der Waals surface area contributed by atoms with Crippen LogP contribution in [-0.4, -0.2) is 36.4 Å². The van der Waals surface area contributed by atoms with Gasteiger partial charge in [0.15, 0.2) is 0 Å². The molecular formula is C16H26N2O. The van der Waals surface area contributed by atoms with Crippen LogP contribution in [0.5, 0.6) is 0 Å². The number of rotatable bonds is 4. The van der Waals surface area contributed by atoms with E-state index in [9.17, 15) is 5.11 Å². The molecule has 106 valence electrons. The van der Waals surface area contributed by atoms with Crippen LogP contribution in [-0.2, 0) is 6.42 Å². The standard InChI is InChI=1S/C16H26N2O/c1-4-13-7-5-6-8-15(13)18-14(9-10-19)11-17-12-16(18,2)3/h5-8,14,17,19H,4,9-12H2,1-3H3. The SMILES string of the molecule is CCc1ccccc1N1C(CCO)CNCC1(C)C. The van der Waals surface area contributed by atoms with Gasteiger partial charge in [-0.2, -0.15) is 0 Å². The van der Waals surface area contributed by atoms with Crippen molar-refractivity contribution in [1.29, 1.82) is 0 Å². The fourth-order valence-corrected chi connectivity index (χ4v) is 3.16. The van der Waals surface area contributed by atoms with Crippen LogP contribution in [0, 0.1) is 0 Å². The molecule has 1 aromatic rings.